The average Bonchev–Trinajstić information content (AvgIpc) is 3.76. The molecule has 0 aliphatic rings. The van der Waals surface area contributed by atoms with E-state index in [4.69, 9.17) is 19.4 Å². The highest BCUT2D eigenvalue weighted by molar-refractivity contribution is 6.75. The van der Waals surface area contributed by atoms with Gasteiger partial charge in [0.1, 0.15) is 160 Å². The molecular formula is C47H48B19N3O. The molecule has 10 rings (SSSR count). The maximum Gasteiger partial charge on any atom is 0.167 e. The van der Waals surface area contributed by atoms with Crippen molar-refractivity contribution in [3.63, 3.8) is 0 Å². The normalized spacial score (nSPS) is 11.7. The van der Waals surface area contributed by atoms with Crippen molar-refractivity contribution in [3.8, 4) is 56.4 Å². The first-order valence-electron chi connectivity index (χ1n) is 25.1. The third kappa shape index (κ3) is 6.75. The minimum Gasteiger partial charge on any atom is -0.456 e. The predicted molar refractivity (Wildman–Crippen MR) is 365 cm³/mol. The minimum atomic E-state index is 0.604. The lowest BCUT2D eigenvalue weighted by Crippen LogP contribution is -2.53. The molecule has 8 aromatic carbocycles. The Morgan fingerprint density at radius 1 is 0.229 bits per heavy atom. The van der Waals surface area contributed by atoms with Gasteiger partial charge >= 0.3 is 0 Å². The van der Waals surface area contributed by atoms with Gasteiger partial charge in [-0.2, -0.15) is 0 Å². The van der Waals surface area contributed by atoms with Gasteiger partial charge in [-0.15, -0.1) is 27.3 Å². The highest BCUT2D eigenvalue weighted by Crippen LogP contribution is 2.39. The zero-order chi connectivity index (χ0) is 50.3. The number of rotatable bonds is 5. The highest BCUT2D eigenvalue weighted by atomic mass is 16.3. The van der Waals surface area contributed by atoms with E-state index >= 15 is 0 Å². The summed E-state index contributed by atoms with van der Waals surface area (Å²) in [4.78, 5) is 15.9. The number of hydrogen-bond acceptors (Lipinski definition) is 4. The number of benzene rings is 8. The largest absolute Gasteiger partial charge is 0.456 e. The molecule has 2 heterocycles. The van der Waals surface area contributed by atoms with Crippen LogP contribution in [0.1, 0.15) is 0 Å². The zero-order valence-corrected chi connectivity index (χ0v) is 45.0. The third-order valence-corrected chi connectivity index (χ3v) is 17.7. The fourth-order valence-electron chi connectivity index (χ4n) is 12.5. The molecular weight excluding hydrogens is 828 g/mol. The lowest BCUT2D eigenvalue weighted by atomic mass is 9.56. The van der Waals surface area contributed by atoms with E-state index in [2.05, 4.69) is 173 Å². The molecule has 4 nitrogen and oxygen atoms in total. The molecule has 0 amide bonds. The van der Waals surface area contributed by atoms with Gasteiger partial charge in [-0.1, -0.05) is 132 Å². The Labute approximate surface area is 430 Å². The van der Waals surface area contributed by atoms with Gasteiger partial charge < -0.3 is 4.42 Å². The smallest absolute Gasteiger partial charge is 0.167 e. The summed E-state index contributed by atoms with van der Waals surface area (Å²) in [6.07, 6.45) is 0. The van der Waals surface area contributed by atoms with Gasteiger partial charge in [0.25, 0.3) is 0 Å². The van der Waals surface area contributed by atoms with Gasteiger partial charge in [-0.05, 0) is 49.3 Å². The van der Waals surface area contributed by atoms with Crippen LogP contribution in [0, 0.1) is 0 Å². The Balaban J connectivity index is 1.40. The van der Waals surface area contributed by atoms with E-state index in [1.165, 1.54) is 137 Å². The molecule has 0 atom stereocenters. The first-order chi connectivity index (χ1) is 33.2. The van der Waals surface area contributed by atoms with Crippen molar-refractivity contribution in [2.75, 3.05) is 0 Å². The second-order valence-corrected chi connectivity index (χ2v) is 20.8. The molecule has 23 heteroatoms. The number of hydrogen-bond donors (Lipinski definition) is 0. The van der Waals surface area contributed by atoms with Crippen LogP contribution in [-0.4, -0.2) is 164 Å². The lowest BCUT2D eigenvalue weighted by molar-refractivity contribution is 0.673. The van der Waals surface area contributed by atoms with Gasteiger partial charge in [0.15, 0.2) is 17.5 Å². The predicted octanol–water partition coefficient (Wildman–Crippen LogP) is -20.7. The molecule has 0 saturated heterocycles. The minimum absolute atomic E-state index is 0.604. The monoisotopic (exact) mass is 880 g/mol. The SMILES string of the molecule is Bc1c(B)c(-c2c(B)c(B)c(-c3nc(-c4ccccc4)nc(-c4ccccc4)n3)c3oc4c(B)c5c(B)c(B)c(B)c(B)c5c(B)c4c23)c(B)c(B)c1-c1c(B)c(B)c(B)c2c(B)c(B)c(B)c(B)c12. The summed E-state index contributed by atoms with van der Waals surface area (Å²) in [5, 5.41) is 7.70. The second-order valence-electron chi connectivity index (χ2n) is 20.8. The Bertz CT molecular complexity index is 3900. The van der Waals surface area contributed by atoms with E-state index in [-0.39, 0.29) is 0 Å². The van der Waals surface area contributed by atoms with Gasteiger partial charge in [-0.25, -0.2) is 15.0 Å². The van der Waals surface area contributed by atoms with Crippen LogP contribution >= 0.6 is 0 Å². The number of aromatic nitrogens is 3. The molecule has 0 fully saturated rings. The van der Waals surface area contributed by atoms with Crippen LogP contribution in [0.2, 0.25) is 0 Å². The van der Waals surface area contributed by atoms with E-state index in [1.54, 1.807) is 0 Å². The molecule has 0 spiro atoms. The summed E-state index contributed by atoms with van der Waals surface area (Å²) in [5.41, 5.74) is 34.7. The molecule has 0 saturated carbocycles. The molecule has 0 radical (unpaired) electrons. The molecule has 0 aliphatic heterocycles. The lowest BCUT2D eigenvalue weighted by Gasteiger charge is -2.29. The standard InChI is InChI=1S/C47H48B19N3O/c48-24-20-21(35(59)42(66)41(65)34(20)58)37(61)44-22(24)16-15(19-30(54)28(52)17(29(53)31(19)55)13-14-18(32(56)38(62)26(13)50)33(57)40(64)39(63)27(14)51)25(49)36(60)23(43(16)70-44)47-68-45(11-7-3-1-4-8-11)67-46(69-47)12-9-5-2-6-10-12/h1-10H,48-66H2. The quantitative estimate of drug-likeness (QED) is 0.162. The summed E-state index contributed by atoms with van der Waals surface area (Å²) in [6.45, 7) is 0. The third-order valence-electron chi connectivity index (χ3n) is 17.7. The number of furan rings is 1. The number of nitrogens with zero attached hydrogens (tertiary/aromatic N) is 3. The van der Waals surface area contributed by atoms with Crippen LogP contribution < -0.4 is 104 Å². The fraction of sp³-hybridized carbons (Fsp3) is 0. The van der Waals surface area contributed by atoms with Crippen LogP contribution in [0.3, 0.4) is 0 Å². The molecule has 0 aliphatic carbocycles. The second kappa shape index (κ2) is 17.3. The van der Waals surface area contributed by atoms with Crippen LogP contribution in [0.25, 0.3) is 99.9 Å². The first-order valence-corrected chi connectivity index (χ1v) is 25.1. The van der Waals surface area contributed by atoms with Gasteiger partial charge in [-0.3, -0.25) is 0 Å². The summed E-state index contributed by atoms with van der Waals surface area (Å²) < 4.78 is 7.58. The Hall–Kier alpha value is -5.68. The topological polar surface area (TPSA) is 51.8 Å². The molecule has 0 bridgehead atoms. The number of fused-ring (bicyclic) bond motifs is 5. The molecule has 314 valence electrons. The maximum absolute atomic E-state index is 7.58. The van der Waals surface area contributed by atoms with Crippen molar-refractivity contribution < 1.29 is 4.42 Å². The van der Waals surface area contributed by atoms with Gasteiger partial charge in [0, 0.05) is 21.9 Å². The van der Waals surface area contributed by atoms with Crippen LogP contribution in [-0.2, 0) is 0 Å². The fourth-order valence-corrected chi connectivity index (χ4v) is 12.5. The van der Waals surface area contributed by atoms with Crippen molar-refractivity contribution in [1.29, 1.82) is 0 Å². The van der Waals surface area contributed by atoms with E-state index in [1.807, 2.05) is 36.4 Å². The maximum atomic E-state index is 7.58. The van der Waals surface area contributed by atoms with E-state index < -0.39 is 0 Å². The Kier molecular flexibility index (Phi) is 11.8. The van der Waals surface area contributed by atoms with Crippen LogP contribution in [0.4, 0.5) is 0 Å². The molecule has 70 heavy (non-hydrogen) atoms. The Morgan fingerprint density at radius 3 is 0.986 bits per heavy atom. The van der Waals surface area contributed by atoms with Gasteiger partial charge in [0.2, 0.25) is 0 Å². The average molecular weight is 876 g/mol. The van der Waals surface area contributed by atoms with E-state index in [0.29, 0.717) is 17.5 Å². The summed E-state index contributed by atoms with van der Waals surface area (Å²) in [5.74, 6) is 1.86. The van der Waals surface area contributed by atoms with Crippen molar-refractivity contribution >= 4 is 296 Å². The van der Waals surface area contributed by atoms with Crippen molar-refractivity contribution in [2.45, 2.75) is 0 Å². The van der Waals surface area contributed by atoms with Crippen LogP contribution in [0.15, 0.2) is 65.1 Å². The molecule has 0 unspecified atom stereocenters. The van der Waals surface area contributed by atoms with Crippen molar-refractivity contribution in [1.82, 2.24) is 15.0 Å². The van der Waals surface area contributed by atoms with Crippen LogP contribution in [0.5, 0.6) is 0 Å². The Morgan fingerprint density at radius 2 is 0.543 bits per heavy atom. The molecule has 2 aromatic heterocycles. The zero-order valence-electron chi connectivity index (χ0n) is 45.0. The van der Waals surface area contributed by atoms with Crippen molar-refractivity contribution in [2.24, 2.45) is 0 Å². The molecule has 10 aromatic rings. The van der Waals surface area contributed by atoms with Gasteiger partial charge in [0.05, 0.1) is 5.56 Å². The van der Waals surface area contributed by atoms with E-state index in [9.17, 15) is 0 Å². The molecule has 0 N–H and O–H groups in total. The first kappa shape index (κ1) is 48.0. The highest BCUT2D eigenvalue weighted by Gasteiger charge is 2.31. The van der Waals surface area contributed by atoms with Crippen molar-refractivity contribution in [3.05, 3.63) is 60.7 Å². The van der Waals surface area contributed by atoms with E-state index in [0.717, 1.165) is 49.6 Å². The summed E-state index contributed by atoms with van der Waals surface area (Å²) >= 11 is 0. The summed E-state index contributed by atoms with van der Waals surface area (Å²) in [6, 6.07) is 20.5. The summed E-state index contributed by atoms with van der Waals surface area (Å²) in [7, 11) is 44.0.